The maximum absolute atomic E-state index is 12.4. The molecule has 1 aliphatic rings. The number of hydrogen-bond acceptors (Lipinski definition) is 4. The molecule has 0 atom stereocenters. The van der Waals surface area contributed by atoms with E-state index < -0.39 is 0 Å². The zero-order valence-electron chi connectivity index (χ0n) is 14.4. The molecule has 1 fully saturated rings. The molecule has 0 aliphatic carbocycles. The van der Waals surface area contributed by atoms with Crippen molar-refractivity contribution in [2.24, 2.45) is 5.92 Å². The molecule has 24 heavy (non-hydrogen) atoms. The summed E-state index contributed by atoms with van der Waals surface area (Å²) in [6, 6.07) is 8.21. The summed E-state index contributed by atoms with van der Waals surface area (Å²) in [6.45, 7) is 7.60. The van der Waals surface area contributed by atoms with E-state index in [1.807, 2.05) is 19.1 Å². The summed E-state index contributed by atoms with van der Waals surface area (Å²) in [7, 11) is 0. The van der Waals surface area contributed by atoms with Gasteiger partial charge in [-0.15, -0.1) is 11.3 Å². The molecule has 1 N–H and O–H groups in total. The molecular formula is C19H25N3OS. The molecule has 2 aromatic rings. The fraction of sp³-hybridized carbons (Fsp3) is 0.474. The second kappa shape index (κ2) is 7.90. The summed E-state index contributed by atoms with van der Waals surface area (Å²) in [4.78, 5) is 19.3. The van der Waals surface area contributed by atoms with Gasteiger partial charge >= 0.3 is 0 Å². The van der Waals surface area contributed by atoms with Gasteiger partial charge in [-0.3, -0.25) is 9.69 Å². The van der Waals surface area contributed by atoms with E-state index in [1.54, 1.807) is 11.3 Å². The lowest BCUT2D eigenvalue weighted by Gasteiger charge is -2.30. The van der Waals surface area contributed by atoms with Gasteiger partial charge in [0.25, 0.3) is 0 Å². The first-order valence-electron chi connectivity index (χ1n) is 8.57. The molecule has 0 bridgehead atoms. The summed E-state index contributed by atoms with van der Waals surface area (Å²) in [5.74, 6) is 0.338. The van der Waals surface area contributed by atoms with Crippen LogP contribution in [0, 0.1) is 19.8 Å². The van der Waals surface area contributed by atoms with Crippen LogP contribution in [0.1, 0.15) is 34.7 Å². The topological polar surface area (TPSA) is 45.2 Å². The number of nitrogens with one attached hydrogen (secondary N) is 1. The minimum Gasteiger partial charge on any atom is -0.352 e. The maximum atomic E-state index is 12.4. The number of rotatable bonds is 5. The van der Waals surface area contributed by atoms with E-state index >= 15 is 0 Å². The van der Waals surface area contributed by atoms with E-state index in [0.29, 0.717) is 6.54 Å². The molecule has 1 aromatic heterocycles. The van der Waals surface area contributed by atoms with Gasteiger partial charge in [-0.1, -0.05) is 24.3 Å². The van der Waals surface area contributed by atoms with Crippen LogP contribution < -0.4 is 5.32 Å². The van der Waals surface area contributed by atoms with Crippen molar-refractivity contribution in [2.75, 3.05) is 13.1 Å². The monoisotopic (exact) mass is 343 g/mol. The SMILES string of the molecule is Cc1nc(CN2CCC(C(=O)NCc3ccccc3C)CC2)cs1. The summed E-state index contributed by atoms with van der Waals surface area (Å²) < 4.78 is 0. The van der Waals surface area contributed by atoms with Gasteiger partial charge in [0.1, 0.15) is 0 Å². The molecule has 0 unspecified atom stereocenters. The molecule has 5 heteroatoms. The predicted octanol–water partition coefficient (Wildman–Crippen LogP) is 3.29. The van der Waals surface area contributed by atoms with Gasteiger partial charge in [0.05, 0.1) is 10.7 Å². The normalized spacial score (nSPS) is 16.2. The molecule has 0 radical (unpaired) electrons. The van der Waals surface area contributed by atoms with E-state index in [0.717, 1.165) is 43.2 Å². The van der Waals surface area contributed by atoms with E-state index in [1.165, 1.54) is 11.1 Å². The van der Waals surface area contributed by atoms with Crippen LogP contribution in [-0.2, 0) is 17.9 Å². The molecule has 1 aliphatic heterocycles. The molecule has 1 saturated heterocycles. The van der Waals surface area contributed by atoms with Gasteiger partial charge in [0.15, 0.2) is 0 Å². The lowest BCUT2D eigenvalue weighted by atomic mass is 9.95. The number of carbonyl (C=O) groups is 1. The number of hydrogen-bond donors (Lipinski definition) is 1. The fourth-order valence-electron chi connectivity index (χ4n) is 3.20. The number of nitrogens with zero attached hydrogens (tertiary/aromatic N) is 2. The Hall–Kier alpha value is -1.72. The van der Waals surface area contributed by atoms with Crippen molar-refractivity contribution in [1.82, 2.24) is 15.2 Å². The van der Waals surface area contributed by atoms with Crippen LogP contribution >= 0.6 is 11.3 Å². The molecule has 1 amide bonds. The Morgan fingerprint density at radius 3 is 2.71 bits per heavy atom. The Labute approximate surface area is 147 Å². The third kappa shape index (κ3) is 4.42. The Kier molecular flexibility index (Phi) is 5.63. The van der Waals surface area contributed by atoms with Crippen molar-refractivity contribution in [3.05, 3.63) is 51.5 Å². The van der Waals surface area contributed by atoms with Gasteiger partial charge in [-0.2, -0.15) is 0 Å². The second-order valence-electron chi connectivity index (χ2n) is 6.55. The maximum Gasteiger partial charge on any atom is 0.223 e. The molecule has 0 spiro atoms. The smallest absolute Gasteiger partial charge is 0.223 e. The van der Waals surface area contributed by atoms with E-state index in [4.69, 9.17) is 0 Å². The third-order valence-electron chi connectivity index (χ3n) is 4.72. The van der Waals surface area contributed by atoms with Crippen molar-refractivity contribution < 1.29 is 4.79 Å². The minimum absolute atomic E-state index is 0.141. The first kappa shape index (κ1) is 17.1. The highest BCUT2D eigenvalue weighted by molar-refractivity contribution is 7.09. The fourth-order valence-corrected chi connectivity index (χ4v) is 3.80. The van der Waals surface area contributed by atoms with Crippen molar-refractivity contribution in [1.29, 1.82) is 0 Å². The molecule has 3 rings (SSSR count). The highest BCUT2D eigenvalue weighted by Crippen LogP contribution is 2.20. The molecule has 4 nitrogen and oxygen atoms in total. The van der Waals surface area contributed by atoms with E-state index in [-0.39, 0.29) is 11.8 Å². The van der Waals surface area contributed by atoms with Gasteiger partial charge in [-0.05, 0) is 50.9 Å². The van der Waals surface area contributed by atoms with Crippen LogP contribution in [-0.4, -0.2) is 28.9 Å². The average molecular weight is 343 g/mol. The number of benzene rings is 1. The van der Waals surface area contributed by atoms with E-state index in [9.17, 15) is 4.79 Å². The van der Waals surface area contributed by atoms with Crippen molar-refractivity contribution in [3.8, 4) is 0 Å². The Bertz CT molecular complexity index is 689. The first-order chi connectivity index (χ1) is 11.6. The van der Waals surface area contributed by atoms with Crippen molar-refractivity contribution in [2.45, 2.75) is 39.8 Å². The molecular weight excluding hydrogens is 318 g/mol. The highest BCUT2D eigenvalue weighted by atomic mass is 32.1. The zero-order chi connectivity index (χ0) is 16.9. The summed E-state index contributed by atoms with van der Waals surface area (Å²) in [5, 5.41) is 6.37. The van der Waals surface area contributed by atoms with E-state index in [2.05, 4.69) is 39.6 Å². The van der Waals surface area contributed by atoms with Crippen LogP contribution in [0.25, 0.3) is 0 Å². The lowest BCUT2D eigenvalue weighted by Crippen LogP contribution is -2.40. The minimum atomic E-state index is 0.141. The number of aryl methyl sites for hydroxylation is 2. The number of thiazole rings is 1. The molecule has 1 aromatic carbocycles. The summed E-state index contributed by atoms with van der Waals surface area (Å²) >= 11 is 1.70. The van der Waals surface area contributed by atoms with Crippen molar-refractivity contribution >= 4 is 17.2 Å². The van der Waals surface area contributed by atoms with Gasteiger partial charge in [0.2, 0.25) is 5.91 Å². The zero-order valence-corrected chi connectivity index (χ0v) is 15.2. The quantitative estimate of drug-likeness (QED) is 0.906. The Balaban J connectivity index is 1.44. The van der Waals surface area contributed by atoms with Crippen LogP contribution in [0.15, 0.2) is 29.6 Å². The number of aromatic nitrogens is 1. The summed E-state index contributed by atoms with van der Waals surface area (Å²) in [6.07, 6.45) is 1.87. The molecule has 2 heterocycles. The number of likely N-dealkylation sites (tertiary alicyclic amines) is 1. The standard InChI is InChI=1S/C19H25N3OS/c1-14-5-3-4-6-17(14)11-20-19(23)16-7-9-22(10-8-16)12-18-13-24-15(2)21-18/h3-6,13,16H,7-12H2,1-2H3,(H,20,23). The predicted molar refractivity (Wildman–Crippen MR) is 97.9 cm³/mol. The van der Waals surface area contributed by atoms with Crippen LogP contribution in [0.2, 0.25) is 0 Å². The first-order valence-corrected chi connectivity index (χ1v) is 9.45. The Morgan fingerprint density at radius 2 is 2.04 bits per heavy atom. The number of carbonyl (C=O) groups excluding carboxylic acids is 1. The highest BCUT2D eigenvalue weighted by Gasteiger charge is 2.25. The van der Waals surface area contributed by atoms with Crippen LogP contribution in [0.3, 0.4) is 0 Å². The average Bonchev–Trinajstić information content (AvgIpc) is 2.99. The summed E-state index contributed by atoms with van der Waals surface area (Å²) in [5.41, 5.74) is 3.58. The lowest BCUT2D eigenvalue weighted by molar-refractivity contribution is -0.126. The van der Waals surface area contributed by atoms with Gasteiger partial charge in [-0.25, -0.2) is 4.98 Å². The largest absolute Gasteiger partial charge is 0.352 e. The number of amides is 1. The number of piperidine rings is 1. The Morgan fingerprint density at radius 1 is 1.29 bits per heavy atom. The second-order valence-corrected chi connectivity index (χ2v) is 7.61. The van der Waals surface area contributed by atoms with Crippen LogP contribution in [0.5, 0.6) is 0 Å². The van der Waals surface area contributed by atoms with Gasteiger partial charge in [0, 0.05) is 24.4 Å². The van der Waals surface area contributed by atoms with Crippen LogP contribution in [0.4, 0.5) is 0 Å². The third-order valence-corrected chi connectivity index (χ3v) is 5.55. The molecule has 128 valence electrons. The molecule has 0 saturated carbocycles. The van der Waals surface area contributed by atoms with Crippen molar-refractivity contribution in [3.63, 3.8) is 0 Å². The van der Waals surface area contributed by atoms with Gasteiger partial charge < -0.3 is 5.32 Å².